The molecule has 9 heavy (non-hydrogen) atoms. The lowest BCUT2D eigenvalue weighted by atomic mass is 9.98. The van der Waals surface area contributed by atoms with Gasteiger partial charge < -0.3 is 5.11 Å². The Bertz CT molecular complexity index is 224. The Hall–Kier alpha value is -0.985. The SMILES string of the molecule is [B]c1cnc(C)c(O)c1. The van der Waals surface area contributed by atoms with Crippen molar-refractivity contribution in [1.29, 1.82) is 0 Å². The van der Waals surface area contributed by atoms with E-state index in [9.17, 15) is 0 Å². The molecule has 44 valence electrons. The molecule has 0 atom stereocenters. The first kappa shape index (κ1) is 6.14. The fourth-order valence-electron chi connectivity index (χ4n) is 0.537. The van der Waals surface area contributed by atoms with E-state index in [1.54, 1.807) is 6.92 Å². The zero-order valence-electron chi connectivity index (χ0n) is 5.13. The summed E-state index contributed by atoms with van der Waals surface area (Å²) in [4.78, 5) is 3.80. The summed E-state index contributed by atoms with van der Waals surface area (Å²) in [5.41, 5.74) is 1.09. The van der Waals surface area contributed by atoms with Gasteiger partial charge in [0, 0.05) is 6.20 Å². The molecule has 1 rings (SSSR count). The van der Waals surface area contributed by atoms with Crippen LogP contribution in [-0.4, -0.2) is 17.9 Å². The van der Waals surface area contributed by atoms with Gasteiger partial charge >= 0.3 is 0 Å². The van der Waals surface area contributed by atoms with E-state index in [4.69, 9.17) is 13.0 Å². The Kier molecular flexibility index (Phi) is 1.43. The predicted octanol–water partition coefficient (Wildman–Crippen LogP) is -0.111. The number of hydrogen-bond donors (Lipinski definition) is 1. The molecule has 0 aliphatic rings. The Labute approximate surface area is 55.0 Å². The van der Waals surface area contributed by atoms with Gasteiger partial charge in [-0.15, -0.1) is 0 Å². The fourth-order valence-corrected chi connectivity index (χ4v) is 0.537. The number of nitrogens with zero attached hydrogens (tertiary/aromatic N) is 1. The van der Waals surface area contributed by atoms with Crippen LogP contribution < -0.4 is 5.46 Å². The number of rotatable bonds is 0. The summed E-state index contributed by atoms with van der Waals surface area (Å²) in [6, 6.07) is 1.47. The summed E-state index contributed by atoms with van der Waals surface area (Å²) in [6.45, 7) is 1.72. The van der Waals surface area contributed by atoms with Crippen LogP contribution in [0.15, 0.2) is 12.3 Å². The third-order valence-electron chi connectivity index (χ3n) is 1.08. The lowest BCUT2D eigenvalue weighted by molar-refractivity contribution is 0.468. The number of aryl methyl sites for hydroxylation is 1. The van der Waals surface area contributed by atoms with Gasteiger partial charge in [-0.25, -0.2) is 0 Å². The first-order valence-corrected chi connectivity index (χ1v) is 2.61. The van der Waals surface area contributed by atoms with Crippen molar-refractivity contribution in [2.45, 2.75) is 6.92 Å². The monoisotopic (exact) mass is 119 g/mol. The first-order valence-electron chi connectivity index (χ1n) is 2.61. The molecule has 0 aromatic carbocycles. The molecule has 0 fully saturated rings. The van der Waals surface area contributed by atoms with Crippen molar-refractivity contribution in [2.75, 3.05) is 0 Å². The van der Waals surface area contributed by atoms with Crippen LogP contribution in [0, 0.1) is 6.92 Å². The van der Waals surface area contributed by atoms with Gasteiger partial charge in [0.1, 0.15) is 13.6 Å². The van der Waals surface area contributed by atoms with Crippen LogP contribution in [-0.2, 0) is 0 Å². The van der Waals surface area contributed by atoms with Gasteiger partial charge in [-0.3, -0.25) is 4.98 Å². The zero-order chi connectivity index (χ0) is 6.85. The molecule has 0 aliphatic carbocycles. The molecule has 1 aromatic heterocycles. The maximum Gasteiger partial charge on any atom is 0.136 e. The first-order chi connectivity index (χ1) is 4.20. The van der Waals surface area contributed by atoms with E-state index in [0.717, 1.165) is 0 Å². The number of aromatic nitrogens is 1. The second-order valence-electron chi connectivity index (χ2n) is 1.87. The van der Waals surface area contributed by atoms with Crippen LogP contribution in [0.25, 0.3) is 0 Å². The molecule has 1 heterocycles. The summed E-state index contributed by atoms with van der Waals surface area (Å²) in [6.07, 6.45) is 1.51. The molecule has 1 N–H and O–H groups in total. The maximum atomic E-state index is 8.96. The molecule has 0 spiro atoms. The van der Waals surface area contributed by atoms with E-state index < -0.39 is 0 Å². The lowest BCUT2D eigenvalue weighted by Gasteiger charge is -1.96. The Balaban J connectivity index is 3.17. The predicted molar refractivity (Wildman–Crippen MR) is 36.0 cm³/mol. The topological polar surface area (TPSA) is 33.1 Å². The van der Waals surface area contributed by atoms with Crippen LogP contribution in [0.2, 0.25) is 0 Å². The summed E-state index contributed by atoms with van der Waals surface area (Å²) in [5, 5.41) is 8.96. The third-order valence-corrected chi connectivity index (χ3v) is 1.08. The Morgan fingerprint density at radius 2 is 2.33 bits per heavy atom. The normalized spacial score (nSPS) is 9.44. The summed E-state index contributed by atoms with van der Waals surface area (Å²) in [5.74, 6) is 0.148. The molecular weight excluding hydrogens is 113 g/mol. The van der Waals surface area contributed by atoms with Crippen LogP contribution >= 0.6 is 0 Å². The molecular formula is C6H6BNO. The van der Waals surface area contributed by atoms with Gasteiger partial charge in [-0.05, 0) is 13.0 Å². The maximum absolute atomic E-state index is 8.96. The molecule has 0 saturated carbocycles. The quantitative estimate of drug-likeness (QED) is 0.483. The van der Waals surface area contributed by atoms with E-state index >= 15 is 0 Å². The van der Waals surface area contributed by atoms with Gasteiger partial charge in [0.25, 0.3) is 0 Å². The highest BCUT2D eigenvalue weighted by Gasteiger charge is 1.93. The molecule has 0 unspecified atom stereocenters. The van der Waals surface area contributed by atoms with Crippen LogP contribution in [0.4, 0.5) is 0 Å². The highest BCUT2D eigenvalue weighted by molar-refractivity contribution is 6.32. The molecule has 0 aliphatic heterocycles. The van der Waals surface area contributed by atoms with Crippen LogP contribution in [0.1, 0.15) is 5.69 Å². The molecule has 3 heteroatoms. The van der Waals surface area contributed by atoms with Gasteiger partial charge in [-0.2, -0.15) is 0 Å². The summed E-state index contributed by atoms with van der Waals surface area (Å²) in [7, 11) is 5.30. The number of aromatic hydroxyl groups is 1. The molecule has 1 aromatic rings. The number of pyridine rings is 1. The van der Waals surface area contributed by atoms with Gasteiger partial charge in [0.2, 0.25) is 0 Å². The molecule has 0 saturated heterocycles. The fraction of sp³-hybridized carbons (Fsp3) is 0.167. The lowest BCUT2D eigenvalue weighted by Crippen LogP contribution is -2.02. The van der Waals surface area contributed by atoms with E-state index in [1.807, 2.05) is 0 Å². The highest BCUT2D eigenvalue weighted by atomic mass is 16.3. The Morgan fingerprint density at radius 1 is 1.67 bits per heavy atom. The largest absolute Gasteiger partial charge is 0.506 e. The van der Waals surface area contributed by atoms with Gasteiger partial charge in [0.05, 0.1) is 5.69 Å². The van der Waals surface area contributed by atoms with E-state index in [2.05, 4.69) is 4.98 Å². The zero-order valence-corrected chi connectivity index (χ0v) is 5.13. The second kappa shape index (κ2) is 2.09. The van der Waals surface area contributed by atoms with Crippen LogP contribution in [0.3, 0.4) is 0 Å². The molecule has 2 radical (unpaired) electrons. The van der Waals surface area contributed by atoms with Crippen molar-refractivity contribution in [3.05, 3.63) is 18.0 Å². The van der Waals surface area contributed by atoms with Crippen molar-refractivity contribution < 1.29 is 5.11 Å². The summed E-state index contributed by atoms with van der Waals surface area (Å²) < 4.78 is 0. The smallest absolute Gasteiger partial charge is 0.136 e. The average Bonchev–Trinajstić information content (AvgIpc) is 1.80. The van der Waals surface area contributed by atoms with Crippen molar-refractivity contribution in [3.63, 3.8) is 0 Å². The number of hydrogen-bond acceptors (Lipinski definition) is 2. The second-order valence-corrected chi connectivity index (χ2v) is 1.87. The van der Waals surface area contributed by atoms with Gasteiger partial charge in [0.15, 0.2) is 0 Å². The van der Waals surface area contributed by atoms with Crippen molar-refractivity contribution in [1.82, 2.24) is 4.98 Å². The van der Waals surface area contributed by atoms with E-state index in [1.165, 1.54) is 12.3 Å². The standard InChI is InChI=1S/C6H6BNO/c1-4-6(9)2-5(7)3-8-4/h2-3,9H,1H3. The molecule has 0 amide bonds. The van der Waals surface area contributed by atoms with Gasteiger partial charge in [-0.1, -0.05) is 5.46 Å². The van der Waals surface area contributed by atoms with Crippen molar-refractivity contribution in [3.8, 4) is 5.75 Å². The van der Waals surface area contributed by atoms with Crippen molar-refractivity contribution in [2.24, 2.45) is 0 Å². The van der Waals surface area contributed by atoms with E-state index in [0.29, 0.717) is 11.2 Å². The minimum absolute atomic E-state index is 0.148. The summed E-state index contributed by atoms with van der Waals surface area (Å²) >= 11 is 0. The average molecular weight is 119 g/mol. The minimum atomic E-state index is 0.148. The minimum Gasteiger partial charge on any atom is -0.506 e. The molecule has 0 bridgehead atoms. The van der Waals surface area contributed by atoms with Crippen molar-refractivity contribution >= 4 is 13.3 Å². The third kappa shape index (κ3) is 1.22. The highest BCUT2D eigenvalue weighted by Crippen LogP contribution is 2.07. The van der Waals surface area contributed by atoms with E-state index in [-0.39, 0.29) is 5.75 Å². The Morgan fingerprint density at radius 3 is 2.78 bits per heavy atom. The van der Waals surface area contributed by atoms with Crippen LogP contribution in [0.5, 0.6) is 5.75 Å². The molecule has 2 nitrogen and oxygen atoms in total.